The Morgan fingerprint density at radius 2 is 2.10 bits per heavy atom. The van der Waals surface area contributed by atoms with E-state index in [1.54, 1.807) is 0 Å². The third-order valence-corrected chi connectivity index (χ3v) is 3.17. The van der Waals surface area contributed by atoms with E-state index in [2.05, 4.69) is 4.74 Å². The Morgan fingerprint density at radius 1 is 1.40 bits per heavy atom. The third-order valence-electron chi connectivity index (χ3n) is 3.17. The lowest BCUT2D eigenvalue weighted by molar-refractivity contribution is -0.145. The summed E-state index contributed by atoms with van der Waals surface area (Å²) >= 11 is 0. The van der Waals surface area contributed by atoms with Crippen LogP contribution >= 0.6 is 0 Å². The summed E-state index contributed by atoms with van der Waals surface area (Å²) in [6.45, 7) is 0.103. The predicted molar refractivity (Wildman–Crippen MR) is 67.5 cm³/mol. The molecular weight excluding hydrogens is 266 g/mol. The average molecular weight is 279 g/mol. The minimum atomic E-state index is -1.17. The number of ether oxygens (including phenoxy) is 1. The molecule has 20 heavy (non-hydrogen) atoms. The van der Waals surface area contributed by atoms with Crippen molar-refractivity contribution in [2.45, 2.75) is 6.42 Å². The number of anilines is 1. The molecule has 1 aromatic carbocycles. The number of methoxy groups -OCH3 is 1. The summed E-state index contributed by atoms with van der Waals surface area (Å²) in [5, 5.41) is 18.6. The zero-order chi connectivity index (χ0) is 14.9. The van der Waals surface area contributed by atoms with E-state index in [9.17, 15) is 19.5 Å². The zero-order valence-electron chi connectivity index (χ0n) is 10.7. The molecule has 2 N–H and O–H groups in total. The number of carbonyl (C=O) groups is 3. The number of amides is 1. The van der Waals surface area contributed by atoms with Gasteiger partial charge in [-0.2, -0.15) is 0 Å². The van der Waals surface area contributed by atoms with Crippen LogP contribution in [-0.2, 0) is 14.3 Å². The van der Waals surface area contributed by atoms with E-state index in [0.717, 1.165) is 6.07 Å². The highest BCUT2D eigenvalue weighted by Gasteiger charge is 2.36. The number of aromatic carboxylic acids is 1. The van der Waals surface area contributed by atoms with E-state index >= 15 is 0 Å². The van der Waals surface area contributed by atoms with Crippen molar-refractivity contribution in [2.75, 3.05) is 18.6 Å². The van der Waals surface area contributed by atoms with Gasteiger partial charge in [0.25, 0.3) is 0 Å². The van der Waals surface area contributed by atoms with Gasteiger partial charge in [-0.1, -0.05) is 0 Å². The maximum atomic E-state index is 11.9. The molecule has 0 bridgehead atoms. The second kappa shape index (κ2) is 5.20. The number of nitrogens with zero attached hydrogens (tertiary/aromatic N) is 1. The Bertz CT molecular complexity index is 582. The number of esters is 1. The largest absolute Gasteiger partial charge is 0.506 e. The number of carboxylic acids is 1. The van der Waals surface area contributed by atoms with Gasteiger partial charge in [-0.15, -0.1) is 0 Å². The van der Waals surface area contributed by atoms with E-state index < -0.39 is 17.9 Å². The summed E-state index contributed by atoms with van der Waals surface area (Å²) in [7, 11) is 1.24. The van der Waals surface area contributed by atoms with Crippen LogP contribution in [0.2, 0.25) is 0 Å². The summed E-state index contributed by atoms with van der Waals surface area (Å²) in [6, 6.07) is 3.70. The number of carbonyl (C=O) groups excluding carboxylic acids is 2. The fourth-order valence-corrected chi connectivity index (χ4v) is 2.15. The van der Waals surface area contributed by atoms with Gasteiger partial charge in [0.05, 0.1) is 24.3 Å². The fourth-order valence-electron chi connectivity index (χ4n) is 2.15. The minimum absolute atomic E-state index is 0.00674. The van der Waals surface area contributed by atoms with Crippen LogP contribution in [-0.4, -0.2) is 41.7 Å². The van der Waals surface area contributed by atoms with Crippen molar-refractivity contribution in [1.29, 1.82) is 0 Å². The first-order valence-electron chi connectivity index (χ1n) is 5.88. The topological polar surface area (TPSA) is 104 Å². The molecular formula is C13H13NO6. The molecule has 0 aliphatic carbocycles. The molecule has 0 aromatic heterocycles. The summed E-state index contributed by atoms with van der Waals surface area (Å²) in [5.41, 5.74) is 0.105. The number of carboxylic acid groups (broad SMARTS) is 1. The molecule has 0 saturated carbocycles. The van der Waals surface area contributed by atoms with Gasteiger partial charge in [-0.25, -0.2) is 4.79 Å². The maximum Gasteiger partial charge on any atom is 0.335 e. The van der Waals surface area contributed by atoms with Gasteiger partial charge in [0.2, 0.25) is 5.91 Å². The molecule has 1 heterocycles. The van der Waals surface area contributed by atoms with Crippen molar-refractivity contribution in [2.24, 2.45) is 5.92 Å². The van der Waals surface area contributed by atoms with Crippen LogP contribution in [0.1, 0.15) is 16.8 Å². The summed E-state index contributed by atoms with van der Waals surface area (Å²) < 4.78 is 4.59. The number of hydrogen-bond donors (Lipinski definition) is 2. The van der Waals surface area contributed by atoms with Crippen LogP contribution in [0.25, 0.3) is 0 Å². The van der Waals surface area contributed by atoms with Gasteiger partial charge in [-0.3, -0.25) is 9.59 Å². The van der Waals surface area contributed by atoms with Crippen molar-refractivity contribution in [1.82, 2.24) is 0 Å². The monoisotopic (exact) mass is 279 g/mol. The molecule has 1 saturated heterocycles. The van der Waals surface area contributed by atoms with Crippen LogP contribution < -0.4 is 4.90 Å². The number of phenolic OH excluding ortho intramolecular Hbond substituents is 1. The second-order valence-corrected chi connectivity index (χ2v) is 4.44. The van der Waals surface area contributed by atoms with Crippen LogP contribution in [0.5, 0.6) is 5.75 Å². The van der Waals surface area contributed by atoms with Crippen molar-refractivity contribution in [3.8, 4) is 5.75 Å². The van der Waals surface area contributed by atoms with Gasteiger partial charge in [0.15, 0.2) is 0 Å². The molecule has 0 spiro atoms. The molecule has 1 aliphatic heterocycles. The average Bonchev–Trinajstić information content (AvgIpc) is 2.79. The van der Waals surface area contributed by atoms with Gasteiger partial charge in [0.1, 0.15) is 5.75 Å². The Hall–Kier alpha value is -2.57. The molecule has 2 rings (SSSR count). The maximum absolute atomic E-state index is 11.9. The number of benzene rings is 1. The standard InChI is InChI=1S/C13H13NO6/c1-20-13(19)8-5-11(16)14(6-8)9-3-2-7(12(17)18)4-10(9)15/h2-4,8,15H,5-6H2,1H3,(H,17,18). The molecule has 1 aliphatic rings. The third kappa shape index (κ3) is 2.42. The Kier molecular flexibility index (Phi) is 3.60. The van der Waals surface area contributed by atoms with Crippen molar-refractivity contribution < 1.29 is 29.3 Å². The number of phenols is 1. The molecule has 1 unspecified atom stereocenters. The van der Waals surface area contributed by atoms with E-state index in [1.165, 1.54) is 24.1 Å². The van der Waals surface area contributed by atoms with Crippen LogP contribution in [0, 0.1) is 5.92 Å². The van der Waals surface area contributed by atoms with E-state index in [0.29, 0.717) is 0 Å². The smallest absolute Gasteiger partial charge is 0.335 e. The Labute approximate surface area is 114 Å². The van der Waals surface area contributed by atoms with Gasteiger partial charge in [-0.05, 0) is 18.2 Å². The first kappa shape index (κ1) is 13.9. The van der Waals surface area contributed by atoms with Gasteiger partial charge >= 0.3 is 11.9 Å². The highest BCUT2D eigenvalue weighted by molar-refractivity contribution is 6.01. The lowest BCUT2D eigenvalue weighted by Crippen LogP contribution is -2.26. The highest BCUT2D eigenvalue weighted by Crippen LogP contribution is 2.33. The molecule has 0 radical (unpaired) electrons. The lowest BCUT2D eigenvalue weighted by atomic mass is 10.1. The molecule has 1 aromatic rings. The van der Waals surface area contributed by atoms with Crippen molar-refractivity contribution in [3.63, 3.8) is 0 Å². The SMILES string of the molecule is COC(=O)C1CC(=O)N(c2ccc(C(=O)O)cc2O)C1. The first-order chi connectivity index (χ1) is 9.43. The van der Waals surface area contributed by atoms with E-state index in [-0.39, 0.29) is 35.9 Å². The molecule has 106 valence electrons. The van der Waals surface area contributed by atoms with E-state index in [1.807, 2.05) is 0 Å². The van der Waals surface area contributed by atoms with Crippen molar-refractivity contribution >= 4 is 23.5 Å². The predicted octanol–water partition coefficient (Wildman–Crippen LogP) is 0.616. The summed E-state index contributed by atoms with van der Waals surface area (Å²) in [4.78, 5) is 35.3. The number of aromatic hydroxyl groups is 1. The summed E-state index contributed by atoms with van der Waals surface area (Å²) in [6.07, 6.45) is 0.00674. The van der Waals surface area contributed by atoms with Crippen LogP contribution in [0.3, 0.4) is 0 Å². The zero-order valence-corrected chi connectivity index (χ0v) is 10.7. The molecule has 1 atom stereocenters. The molecule has 1 fully saturated rings. The number of rotatable bonds is 3. The van der Waals surface area contributed by atoms with Gasteiger partial charge in [0, 0.05) is 13.0 Å². The van der Waals surface area contributed by atoms with Crippen LogP contribution in [0.15, 0.2) is 18.2 Å². The Morgan fingerprint density at radius 3 is 2.65 bits per heavy atom. The minimum Gasteiger partial charge on any atom is -0.506 e. The second-order valence-electron chi connectivity index (χ2n) is 4.44. The quantitative estimate of drug-likeness (QED) is 0.786. The summed E-state index contributed by atoms with van der Waals surface area (Å²) in [5.74, 6) is -2.87. The highest BCUT2D eigenvalue weighted by atomic mass is 16.5. The van der Waals surface area contributed by atoms with Crippen molar-refractivity contribution in [3.05, 3.63) is 23.8 Å². The van der Waals surface area contributed by atoms with Crippen LogP contribution in [0.4, 0.5) is 5.69 Å². The molecule has 7 nitrogen and oxygen atoms in total. The first-order valence-corrected chi connectivity index (χ1v) is 5.88. The van der Waals surface area contributed by atoms with Gasteiger partial charge < -0.3 is 19.8 Å². The molecule has 1 amide bonds. The lowest BCUT2D eigenvalue weighted by Gasteiger charge is -2.17. The normalized spacial score (nSPS) is 18.1. The fraction of sp³-hybridized carbons (Fsp3) is 0.308. The van der Waals surface area contributed by atoms with E-state index in [4.69, 9.17) is 5.11 Å². The molecule has 7 heteroatoms. The number of hydrogen-bond acceptors (Lipinski definition) is 5. The Balaban J connectivity index is 2.26.